The van der Waals surface area contributed by atoms with E-state index in [0.717, 1.165) is 78.2 Å². The molecule has 4 heteroatoms. The Labute approximate surface area is 319 Å². The maximum Gasteiger partial charge on any atom is 0.160 e. The van der Waals surface area contributed by atoms with Crippen LogP contribution >= 0.6 is 0 Å². The average molecular weight is 703 g/mol. The molecule has 0 saturated carbocycles. The molecule has 0 saturated heterocycles. The topological polar surface area (TPSA) is 43.1 Å². The standard InChI is InChI=1S/C51H34N4/c1-5-15-37(16-6-1)45-34-52-55-49(41-21-11-4-12-22-41)48(43-23-13-14-24-44(43)50(45)55)40-29-25-35(26-30-40)36-27-31-42(32-28-36)51-53-46(38-17-7-2-8-18-38)33-47(54-51)39-19-9-3-10-20-39/h1-34H. The van der Waals surface area contributed by atoms with Gasteiger partial charge in [0.2, 0.25) is 0 Å². The van der Waals surface area contributed by atoms with Gasteiger partial charge in [-0.05, 0) is 33.7 Å². The van der Waals surface area contributed by atoms with Crippen LogP contribution in [0.25, 0.3) is 94.8 Å². The monoisotopic (exact) mass is 702 g/mol. The van der Waals surface area contributed by atoms with Gasteiger partial charge in [0.05, 0.1) is 28.8 Å². The van der Waals surface area contributed by atoms with E-state index in [1.807, 2.05) is 42.6 Å². The number of hydrogen-bond acceptors (Lipinski definition) is 3. The van der Waals surface area contributed by atoms with E-state index in [-0.39, 0.29) is 0 Å². The number of aromatic nitrogens is 4. The summed E-state index contributed by atoms with van der Waals surface area (Å²) >= 11 is 0. The van der Waals surface area contributed by atoms with Crippen LogP contribution in [-0.4, -0.2) is 19.6 Å². The molecule has 0 N–H and O–H groups in total. The van der Waals surface area contributed by atoms with Crippen molar-refractivity contribution in [1.82, 2.24) is 19.6 Å². The number of fused-ring (bicyclic) bond motifs is 3. The summed E-state index contributed by atoms with van der Waals surface area (Å²) in [5.41, 5.74) is 15.0. The van der Waals surface area contributed by atoms with Gasteiger partial charge in [0.25, 0.3) is 0 Å². The second-order valence-electron chi connectivity index (χ2n) is 13.7. The van der Waals surface area contributed by atoms with Gasteiger partial charge >= 0.3 is 0 Å². The maximum atomic E-state index is 5.06. The molecule has 0 amide bonds. The van der Waals surface area contributed by atoms with Gasteiger partial charge in [-0.1, -0.05) is 194 Å². The molecule has 10 rings (SSSR count). The van der Waals surface area contributed by atoms with Gasteiger partial charge in [-0.25, -0.2) is 14.5 Å². The summed E-state index contributed by atoms with van der Waals surface area (Å²) < 4.78 is 2.14. The summed E-state index contributed by atoms with van der Waals surface area (Å²) in [6.07, 6.45) is 2.01. The number of pyridine rings is 1. The molecule has 258 valence electrons. The average Bonchev–Trinajstić information content (AvgIpc) is 3.73. The van der Waals surface area contributed by atoms with E-state index in [1.54, 1.807) is 0 Å². The molecule has 7 aromatic carbocycles. The summed E-state index contributed by atoms with van der Waals surface area (Å²) in [6.45, 7) is 0. The smallest absolute Gasteiger partial charge is 0.160 e. The summed E-state index contributed by atoms with van der Waals surface area (Å²) in [5, 5.41) is 7.42. The molecule has 0 bridgehead atoms. The second-order valence-corrected chi connectivity index (χ2v) is 13.7. The van der Waals surface area contributed by atoms with Crippen molar-refractivity contribution in [3.05, 3.63) is 206 Å². The minimum atomic E-state index is 0.701. The Morgan fingerprint density at radius 1 is 0.345 bits per heavy atom. The molecule has 0 spiro atoms. The van der Waals surface area contributed by atoms with Crippen LogP contribution in [0.4, 0.5) is 0 Å². The first-order chi connectivity index (χ1) is 27.3. The highest BCUT2D eigenvalue weighted by molar-refractivity contribution is 6.13. The fourth-order valence-electron chi connectivity index (χ4n) is 7.63. The van der Waals surface area contributed by atoms with Crippen molar-refractivity contribution in [2.75, 3.05) is 0 Å². The zero-order chi connectivity index (χ0) is 36.6. The molecule has 4 nitrogen and oxygen atoms in total. The van der Waals surface area contributed by atoms with Crippen LogP contribution in [0, 0.1) is 0 Å². The zero-order valence-corrected chi connectivity index (χ0v) is 29.9. The molecule has 0 fully saturated rings. The van der Waals surface area contributed by atoms with Gasteiger partial charge in [-0.15, -0.1) is 0 Å². The number of benzene rings is 7. The summed E-state index contributed by atoms with van der Waals surface area (Å²) in [6, 6.07) is 70.0. The van der Waals surface area contributed by atoms with Crippen molar-refractivity contribution in [1.29, 1.82) is 0 Å². The van der Waals surface area contributed by atoms with E-state index in [1.165, 1.54) is 10.8 Å². The Hall–Kier alpha value is -7.43. The maximum absolute atomic E-state index is 5.06. The van der Waals surface area contributed by atoms with E-state index < -0.39 is 0 Å². The van der Waals surface area contributed by atoms with E-state index >= 15 is 0 Å². The van der Waals surface area contributed by atoms with Crippen LogP contribution in [-0.2, 0) is 0 Å². The molecule has 0 aliphatic heterocycles. The lowest BCUT2D eigenvalue weighted by Crippen LogP contribution is -2.00. The third-order valence-corrected chi connectivity index (χ3v) is 10.3. The van der Waals surface area contributed by atoms with Crippen LogP contribution < -0.4 is 0 Å². The summed E-state index contributed by atoms with van der Waals surface area (Å²) in [7, 11) is 0. The molecule has 0 aliphatic rings. The molecule has 0 unspecified atom stereocenters. The van der Waals surface area contributed by atoms with Gasteiger partial charge in [-0.3, -0.25) is 0 Å². The minimum Gasteiger partial charge on any atom is -0.231 e. The summed E-state index contributed by atoms with van der Waals surface area (Å²) in [4.78, 5) is 10.1. The SMILES string of the molecule is c1ccc(-c2cc(-c3ccccc3)nc(-c3ccc(-c4ccc(-c5c(-c6ccccc6)n6ncc(-c7ccccc7)c6c6ccccc56)cc4)cc3)n2)cc1. The third kappa shape index (κ3) is 5.96. The number of rotatable bonds is 7. The van der Waals surface area contributed by atoms with Crippen LogP contribution in [0.15, 0.2) is 206 Å². The van der Waals surface area contributed by atoms with Gasteiger partial charge in [0.15, 0.2) is 5.82 Å². The van der Waals surface area contributed by atoms with Crippen molar-refractivity contribution in [2.24, 2.45) is 0 Å². The van der Waals surface area contributed by atoms with E-state index in [0.29, 0.717) is 5.82 Å². The quantitative estimate of drug-likeness (QED) is 0.166. The van der Waals surface area contributed by atoms with Crippen molar-refractivity contribution >= 4 is 16.3 Å². The van der Waals surface area contributed by atoms with E-state index in [2.05, 4.69) is 168 Å². The fraction of sp³-hybridized carbons (Fsp3) is 0. The van der Waals surface area contributed by atoms with E-state index in [9.17, 15) is 0 Å². The largest absolute Gasteiger partial charge is 0.231 e. The van der Waals surface area contributed by atoms with Crippen molar-refractivity contribution in [3.8, 4) is 78.5 Å². The van der Waals surface area contributed by atoms with Gasteiger partial charge in [-0.2, -0.15) is 5.10 Å². The number of hydrogen-bond donors (Lipinski definition) is 0. The Morgan fingerprint density at radius 2 is 0.782 bits per heavy atom. The molecular weight excluding hydrogens is 669 g/mol. The third-order valence-electron chi connectivity index (χ3n) is 10.3. The fourth-order valence-corrected chi connectivity index (χ4v) is 7.63. The number of nitrogens with zero attached hydrogens (tertiary/aromatic N) is 4. The molecular formula is C51H34N4. The van der Waals surface area contributed by atoms with Crippen LogP contribution in [0.3, 0.4) is 0 Å². The highest BCUT2D eigenvalue weighted by Crippen LogP contribution is 2.43. The lowest BCUT2D eigenvalue weighted by atomic mass is 9.91. The van der Waals surface area contributed by atoms with Crippen LogP contribution in [0.1, 0.15) is 0 Å². The molecule has 0 atom stereocenters. The minimum absolute atomic E-state index is 0.701. The molecule has 55 heavy (non-hydrogen) atoms. The van der Waals surface area contributed by atoms with Crippen molar-refractivity contribution in [2.45, 2.75) is 0 Å². The molecule has 10 aromatic rings. The zero-order valence-electron chi connectivity index (χ0n) is 29.9. The first kappa shape index (κ1) is 32.2. The van der Waals surface area contributed by atoms with Crippen LogP contribution in [0.2, 0.25) is 0 Å². The second kappa shape index (κ2) is 13.8. The Kier molecular flexibility index (Phi) is 8.12. The first-order valence-corrected chi connectivity index (χ1v) is 18.5. The van der Waals surface area contributed by atoms with E-state index in [4.69, 9.17) is 15.1 Å². The lowest BCUT2D eigenvalue weighted by Gasteiger charge is -2.18. The molecule has 3 heterocycles. The normalized spacial score (nSPS) is 11.3. The van der Waals surface area contributed by atoms with Crippen LogP contribution in [0.5, 0.6) is 0 Å². The van der Waals surface area contributed by atoms with Crippen molar-refractivity contribution in [3.63, 3.8) is 0 Å². The van der Waals surface area contributed by atoms with Gasteiger partial charge in [0.1, 0.15) is 0 Å². The predicted octanol–water partition coefficient (Wildman–Crippen LogP) is 12.9. The highest BCUT2D eigenvalue weighted by Gasteiger charge is 2.21. The Balaban J connectivity index is 1.06. The Bertz CT molecular complexity index is 2860. The molecule has 3 aromatic heterocycles. The van der Waals surface area contributed by atoms with Crippen molar-refractivity contribution < 1.29 is 0 Å². The first-order valence-electron chi connectivity index (χ1n) is 18.5. The lowest BCUT2D eigenvalue weighted by molar-refractivity contribution is 0.976. The molecule has 0 aliphatic carbocycles. The Morgan fingerprint density at radius 3 is 1.33 bits per heavy atom. The van der Waals surface area contributed by atoms with Gasteiger partial charge < -0.3 is 0 Å². The molecule has 0 radical (unpaired) electrons. The van der Waals surface area contributed by atoms with Gasteiger partial charge in [0, 0.05) is 38.8 Å². The summed E-state index contributed by atoms with van der Waals surface area (Å²) in [5.74, 6) is 0.701. The predicted molar refractivity (Wildman–Crippen MR) is 226 cm³/mol. The highest BCUT2D eigenvalue weighted by atomic mass is 15.2.